The Morgan fingerprint density at radius 2 is 1.86 bits per heavy atom. The van der Waals surface area contributed by atoms with E-state index in [1.165, 1.54) is 11.8 Å². The van der Waals surface area contributed by atoms with Crippen LogP contribution in [0, 0.1) is 0 Å². The number of carbonyl (C=O) groups is 3. The number of amides is 3. The lowest BCUT2D eigenvalue weighted by Crippen LogP contribution is -2.38. The number of aliphatic hydroxyl groups is 1. The molecule has 12 heteroatoms. The van der Waals surface area contributed by atoms with E-state index in [4.69, 9.17) is 4.52 Å². The van der Waals surface area contributed by atoms with Crippen molar-refractivity contribution in [3.63, 3.8) is 0 Å². The summed E-state index contributed by atoms with van der Waals surface area (Å²) in [6, 6.07) is -0.527. The lowest BCUT2D eigenvalue weighted by atomic mass is 10.2. The molecule has 3 atom stereocenters. The van der Waals surface area contributed by atoms with Gasteiger partial charge in [-0.1, -0.05) is 0 Å². The van der Waals surface area contributed by atoms with Crippen LogP contribution >= 0.6 is 7.82 Å². The summed E-state index contributed by atoms with van der Waals surface area (Å²) < 4.78 is 20.5. The van der Waals surface area contributed by atoms with Gasteiger partial charge in [-0.3, -0.25) is 23.4 Å². The predicted octanol–water partition coefficient (Wildman–Crippen LogP) is -0.476. The highest BCUT2D eigenvalue weighted by Crippen LogP contribution is 2.42. The quantitative estimate of drug-likeness (QED) is 0.242. The van der Waals surface area contributed by atoms with Crippen molar-refractivity contribution in [1.82, 2.24) is 15.5 Å². The number of hydrogen-bond acceptors (Lipinski definition) is 7. The first-order chi connectivity index (χ1) is 13.1. The molecule has 162 valence electrons. The number of phosphoric ester groups is 1. The van der Waals surface area contributed by atoms with Gasteiger partial charge >= 0.3 is 7.82 Å². The van der Waals surface area contributed by atoms with Gasteiger partial charge in [0.05, 0.1) is 18.8 Å². The molecule has 1 rings (SSSR count). The maximum absolute atomic E-state index is 12.4. The van der Waals surface area contributed by atoms with Gasteiger partial charge in [0.25, 0.3) is 0 Å². The maximum atomic E-state index is 12.4. The van der Waals surface area contributed by atoms with E-state index in [0.29, 0.717) is 25.9 Å². The van der Waals surface area contributed by atoms with Crippen molar-refractivity contribution in [2.45, 2.75) is 51.2 Å². The van der Waals surface area contributed by atoms with Crippen molar-refractivity contribution in [1.29, 1.82) is 0 Å². The molecule has 0 saturated carbocycles. The van der Waals surface area contributed by atoms with Gasteiger partial charge in [-0.05, 0) is 19.3 Å². The SMILES string of the molecule is COP(=O)(O)OC[C@@H]1C[C@@H](O)CN1C(=O)CCCC(=O)NCCCNC(C)=O. The Morgan fingerprint density at radius 3 is 2.50 bits per heavy atom. The van der Waals surface area contributed by atoms with E-state index in [2.05, 4.69) is 15.2 Å². The first-order valence-electron chi connectivity index (χ1n) is 9.16. The summed E-state index contributed by atoms with van der Waals surface area (Å²) in [7, 11) is -3.11. The normalized spacial score (nSPS) is 21.2. The third-order valence-corrected chi connectivity index (χ3v) is 5.15. The van der Waals surface area contributed by atoms with Crippen molar-refractivity contribution in [3.8, 4) is 0 Å². The summed E-state index contributed by atoms with van der Waals surface area (Å²) >= 11 is 0. The van der Waals surface area contributed by atoms with Crippen molar-refractivity contribution in [2.24, 2.45) is 0 Å². The third kappa shape index (κ3) is 9.61. The molecule has 1 aliphatic rings. The minimum Gasteiger partial charge on any atom is -0.391 e. The molecule has 0 aliphatic carbocycles. The van der Waals surface area contributed by atoms with Gasteiger partial charge in [0, 0.05) is 46.5 Å². The number of phosphoric acid groups is 1. The largest absolute Gasteiger partial charge is 0.471 e. The molecule has 1 heterocycles. The standard InChI is InChI=1S/C16H30N3O8P/c1-12(20)17-7-4-8-18-15(22)5-3-6-16(23)19-10-14(21)9-13(19)11-27-28(24,25)26-2/h13-14,21H,3-11H2,1-2H3,(H,17,20)(H,18,22)(H,24,25)/t13-,14+/m0/s1. The van der Waals surface area contributed by atoms with Gasteiger partial charge < -0.3 is 25.5 Å². The van der Waals surface area contributed by atoms with E-state index >= 15 is 0 Å². The van der Waals surface area contributed by atoms with Crippen LogP contribution < -0.4 is 10.6 Å². The fraction of sp³-hybridized carbons (Fsp3) is 0.812. The number of β-amino-alcohol motifs (C(OH)–C–C–N with tert-alkyl or cyclic N) is 1. The average molecular weight is 423 g/mol. The van der Waals surface area contributed by atoms with Crippen molar-refractivity contribution in [2.75, 3.05) is 33.4 Å². The monoisotopic (exact) mass is 423 g/mol. The Bertz CT molecular complexity index is 588. The Morgan fingerprint density at radius 1 is 1.18 bits per heavy atom. The van der Waals surface area contributed by atoms with Crippen LogP contribution in [-0.4, -0.2) is 78.1 Å². The number of hydrogen-bond donors (Lipinski definition) is 4. The van der Waals surface area contributed by atoms with Crippen LogP contribution in [0.2, 0.25) is 0 Å². The summed E-state index contributed by atoms with van der Waals surface area (Å²) in [5.74, 6) is -0.559. The molecule has 11 nitrogen and oxygen atoms in total. The predicted molar refractivity (Wildman–Crippen MR) is 99.1 cm³/mol. The molecular formula is C16H30N3O8P. The van der Waals surface area contributed by atoms with E-state index in [1.54, 1.807) is 0 Å². The molecule has 1 fully saturated rings. The summed E-state index contributed by atoms with van der Waals surface area (Å²) in [6.07, 6.45) is 0.762. The van der Waals surface area contributed by atoms with E-state index in [1.807, 2.05) is 0 Å². The van der Waals surface area contributed by atoms with Gasteiger partial charge in [0.1, 0.15) is 0 Å². The van der Waals surface area contributed by atoms with Gasteiger partial charge in [-0.25, -0.2) is 4.57 Å². The highest BCUT2D eigenvalue weighted by Gasteiger charge is 2.35. The van der Waals surface area contributed by atoms with Crippen LogP contribution in [0.15, 0.2) is 0 Å². The molecule has 1 aliphatic heterocycles. The second-order valence-electron chi connectivity index (χ2n) is 6.58. The van der Waals surface area contributed by atoms with Crippen LogP contribution in [0.25, 0.3) is 0 Å². The minimum atomic E-state index is -4.15. The fourth-order valence-electron chi connectivity index (χ4n) is 2.80. The second kappa shape index (κ2) is 12.1. The first kappa shape index (κ1) is 24.5. The molecule has 3 amide bonds. The zero-order valence-corrected chi connectivity index (χ0v) is 17.2. The third-order valence-electron chi connectivity index (χ3n) is 4.22. The lowest BCUT2D eigenvalue weighted by molar-refractivity contribution is -0.133. The number of carbonyl (C=O) groups excluding carboxylic acids is 3. The van der Waals surface area contributed by atoms with Gasteiger partial charge in [0.15, 0.2) is 0 Å². The van der Waals surface area contributed by atoms with Crippen molar-refractivity contribution < 1.29 is 38.0 Å². The topological polar surface area (TPSA) is 154 Å². The summed E-state index contributed by atoms with van der Waals surface area (Å²) in [6.45, 7) is 2.24. The molecule has 28 heavy (non-hydrogen) atoms. The highest BCUT2D eigenvalue weighted by molar-refractivity contribution is 7.47. The van der Waals surface area contributed by atoms with Crippen LogP contribution in [0.4, 0.5) is 0 Å². The molecular weight excluding hydrogens is 393 g/mol. The molecule has 1 saturated heterocycles. The number of nitrogens with one attached hydrogen (secondary N) is 2. The smallest absolute Gasteiger partial charge is 0.391 e. The molecule has 0 aromatic rings. The van der Waals surface area contributed by atoms with Crippen molar-refractivity contribution in [3.05, 3.63) is 0 Å². The zero-order chi connectivity index (χ0) is 21.2. The molecule has 0 aromatic heterocycles. The lowest BCUT2D eigenvalue weighted by Gasteiger charge is -2.24. The Hall–Kier alpha value is -1.52. The van der Waals surface area contributed by atoms with Gasteiger partial charge in [-0.15, -0.1) is 0 Å². The maximum Gasteiger partial charge on any atom is 0.471 e. The summed E-state index contributed by atoms with van der Waals surface area (Å²) in [4.78, 5) is 45.5. The van der Waals surface area contributed by atoms with E-state index in [0.717, 1.165) is 7.11 Å². The number of rotatable bonds is 12. The summed E-state index contributed by atoms with van der Waals surface area (Å²) in [5, 5.41) is 15.1. The first-order valence-corrected chi connectivity index (χ1v) is 10.7. The Balaban J connectivity index is 2.29. The van der Waals surface area contributed by atoms with Crippen LogP contribution in [0.1, 0.15) is 39.0 Å². The fourth-order valence-corrected chi connectivity index (χ4v) is 3.27. The Labute approximate surface area is 164 Å². The molecule has 0 bridgehead atoms. The van der Waals surface area contributed by atoms with Crippen LogP contribution in [0.3, 0.4) is 0 Å². The number of likely N-dealkylation sites (tertiary alicyclic amines) is 1. The number of aliphatic hydroxyl groups excluding tert-OH is 1. The molecule has 0 aromatic carbocycles. The van der Waals surface area contributed by atoms with Crippen molar-refractivity contribution >= 4 is 25.5 Å². The van der Waals surface area contributed by atoms with E-state index < -0.39 is 20.0 Å². The van der Waals surface area contributed by atoms with Gasteiger partial charge in [0.2, 0.25) is 17.7 Å². The molecule has 0 radical (unpaired) electrons. The van der Waals surface area contributed by atoms with E-state index in [-0.39, 0.29) is 50.1 Å². The highest BCUT2D eigenvalue weighted by atomic mass is 31.2. The molecule has 0 spiro atoms. The summed E-state index contributed by atoms with van der Waals surface area (Å²) in [5.41, 5.74) is 0. The Kier molecular flexibility index (Phi) is 10.6. The van der Waals surface area contributed by atoms with Crippen LogP contribution in [-0.2, 0) is 28.0 Å². The second-order valence-corrected chi connectivity index (χ2v) is 8.14. The minimum absolute atomic E-state index is 0.115. The molecule has 1 unspecified atom stereocenters. The zero-order valence-electron chi connectivity index (χ0n) is 16.3. The van der Waals surface area contributed by atoms with Gasteiger partial charge in [-0.2, -0.15) is 0 Å². The molecule has 4 N–H and O–H groups in total. The van der Waals surface area contributed by atoms with E-state index in [9.17, 15) is 28.9 Å². The number of nitrogens with zero attached hydrogens (tertiary/aromatic N) is 1. The van der Waals surface area contributed by atoms with Crippen LogP contribution in [0.5, 0.6) is 0 Å². The average Bonchev–Trinajstić information content (AvgIpc) is 3.00.